The van der Waals surface area contributed by atoms with Crippen LogP contribution in [0.3, 0.4) is 0 Å². The van der Waals surface area contributed by atoms with Crippen LogP contribution < -0.4 is 0 Å². The fraction of sp³-hybridized carbons (Fsp3) is 0.750. The minimum atomic E-state index is -1.94. The molecule has 0 bridgehead atoms. The van der Waals surface area contributed by atoms with Gasteiger partial charge < -0.3 is 19.7 Å². The van der Waals surface area contributed by atoms with E-state index >= 15 is 0 Å². The van der Waals surface area contributed by atoms with Gasteiger partial charge in [0, 0.05) is 14.2 Å². The summed E-state index contributed by atoms with van der Waals surface area (Å²) in [6, 6.07) is 0. The van der Waals surface area contributed by atoms with Crippen molar-refractivity contribution in [3.63, 3.8) is 0 Å². The molecule has 0 rings (SSSR count). The van der Waals surface area contributed by atoms with E-state index < -0.39 is 23.1 Å². The van der Waals surface area contributed by atoms with E-state index in [0.717, 1.165) is 28.1 Å². The first-order valence-corrected chi connectivity index (χ1v) is 3.83. The molecule has 0 aliphatic carbocycles. The summed E-state index contributed by atoms with van der Waals surface area (Å²) in [6.07, 6.45) is 0. The molecule has 0 aromatic carbocycles. The minimum Gasteiger partial charge on any atom is -0.479 e. The third-order valence-corrected chi connectivity index (χ3v) is 2.54. The van der Waals surface area contributed by atoms with Gasteiger partial charge in [-0.1, -0.05) is 0 Å². The van der Waals surface area contributed by atoms with Crippen molar-refractivity contribution in [2.75, 3.05) is 14.2 Å². The number of rotatable bonds is 5. The molecule has 0 heterocycles. The molecule has 0 fully saturated rings. The quantitative estimate of drug-likeness (QED) is 0.655. The molecule has 2 N–H and O–H groups in total. The van der Waals surface area contributed by atoms with E-state index in [1.165, 1.54) is 0 Å². The standard InChI is InChI=1S/C8H14O6/c1-7(13-3,5(9)10)8(2,14-4)6(11)12/h1-4H3,(H,9,10)(H,11,12)/t7-,8-/m0/s1. The average molecular weight is 206 g/mol. The minimum absolute atomic E-state index is 1.12. The first-order chi connectivity index (χ1) is 6.26. The van der Waals surface area contributed by atoms with Crippen molar-refractivity contribution < 1.29 is 29.3 Å². The molecule has 0 spiro atoms. The number of carboxylic acids is 2. The van der Waals surface area contributed by atoms with E-state index in [9.17, 15) is 9.59 Å². The van der Waals surface area contributed by atoms with Gasteiger partial charge in [-0.3, -0.25) is 0 Å². The lowest BCUT2D eigenvalue weighted by Gasteiger charge is -2.37. The number of methoxy groups -OCH3 is 2. The van der Waals surface area contributed by atoms with E-state index in [-0.39, 0.29) is 0 Å². The Balaban J connectivity index is 5.37. The molecule has 0 amide bonds. The topological polar surface area (TPSA) is 93.1 Å². The molecule has 0 aromatic rings. The summed E-state index contributed by atoms with van der Waals surface area (Å²) >= 11 is 0. The van der Waals surface area contributed by atoms with Crippen LogP contribution in [0.5, 0.6) is 0 Å². The van der Waals surface area contributed by atoms with Crippen LogP contribution in [0.2, 0.25) is 0 Å². The van der Waals surface area contributed by atoms with Gasteiger partial charge in [-0.05, 0) is 13.8 Å². The first-order valence-electron chi connectivity index (χ1n) is 3.83. The molecule has 0 aliphatic rings. The number of aliphatic carboxylic acids is 2. The molecule has 0 saturated heterocycles. The molecule has 6 nitrogen and oxygen atoms in total. The molecule has 82 valence electrons. The van der Waals surface area contributed by atoms with Crippen molar-refractivity contribution in [3.8, 4) is 0 Å². The summed E-state index contributed by atoms with van der Waals surface area (Å²) < 4.78 is 9.42. The molecule has 14 heavy (non-hydrogen) atoms. The summed E-state index contributed by atoms with van der Waals surface area (Å²) in [5.74, 6) is -2.79. The predicted molar refractivity (Wildman–Crippen MR) is 46.1 cm³/mol. The number of carboxylic acid groups (broad SMARTS) is 2. The monoisotopic (exact) mass is 206 g/mol. The van der Waals surface area contributed by atoms with Gasteiger partial charge in [0.15, 0.2) is 0 Å². The highest BCUT2D eigenvalue weighted by Gasteiger charge is 2.57. The summed E-state index contributed by atoms with van der Waals surface area (Å²) in [5.41, 5.74) is -3.87. The Bertz CT molecular complexity index is 224. The van der Waals surface area contributed by atoms with Gasteiger partial charge in [-0.2, -0.15) is 0 Å². The van der Waals surface area contributed by atoms with Crippen LogP contribution in [0, 0.1) is 0 Å². The second kappa shape index (κ2) is 3.93. The highest BCUT2D eigenvalue weighted by Crippen LogP contribution is 2.29. The fourth-order valence-corrected chi connectivity index (χ4v) is 0.972. The summed E-state index contributed by atoms with van der Waals surface area (Å²) in [5, 5.41) is 17.8. The Morgan fingerprint density at radius 2 is 1.14 bits per heavy atom. The second-order valence-corrected chi connectivity index (χ2v) is 3.09. The molecule has 0 radical (unpaired) electrons. The van der Waals surface area contributed by atoms with Crippen LogP contribution >= 0.6 is 0 Å². The average Bonchev–Trinajstić information content (AvgIpc) is 2.14. The normalized spacial score (nSPS) is 19.4. The van der Waals surface area contributed by atoms with Crippen LogP contribution in [0.1, 0.15) is 13.8 Å². The molecular formula is C8H14O6. The summed E-state index contributed by atoms with van der Waals surface area (Å²) in [6.45, 7) is 2.29. The van der Waals surface area contributed by atoms with E-state index in [1.807, 2.05) is 0 Å². The highest BCUT2D eigenvalue weighted by atomic mass is 16.6. The smallest absolute Gasteiger partial charge is 0.339 e. The van der Waals surface area contributed by atoms with E-state index in [0.29, 0.717) is 0 Å². The zero-order valence-electron chi connectivity index (χ0n) is 8.53. The predicted octanol–water partition coefficient (Wildman–Crippen LogP) is -0.0342. The van der Waals surface area contributed by atoms with Crippen molar-refractivity contribution in [1.29, 1.82) is 0 Å². The van der Waals surface area contributed by atoms with Crippen molar-refractivity contribution in [1.82, 2.24) is 0 Å². The SMILES string of the molecule is CO[C@@](C)(C(=O)O)[C@@](C)(OC)C(=O)O. The van der Waals surface area contributed by atoms with Crippen LogP contribution in [0.25, 0.3) is 0 Å². The summed E-state index contributed by atoms with van der Waals surface area (Å²) in [7, 11) is 2.24. The Morgan fingerprint density at radius 3 is 1.21 bits per heavy atom. The van der Waals surface area contributed by atoms with Gasteiger partial charge in [0.05, 0.1) is 0 Å². The summed E-state index contributed by atoms with van der Waals surface area (Å²) in [4.78, 5) is 21.8. The lowest BCUT2D eigenvalue weighted by molar-refractivity contribution is -0.211. The molecular weight excluding hydrogens is 192 g/mol. The molecule has 0 aliphatic heterocycles. The zero-order chi connectivity index (χ0) is 11.6. The van der Waals surface area contributed by atoms with Gasteiger partial charge in [0.2, 0.25) is 11.2 Å². The van der Waals surface area contributed by atoms with Gasteiger partial charge in [0.1, 0.15) is 0 Å². The van der Waals surface area contributed by atoms with Crippen molar-refractivity contribution in [2.45, 2.75) is 25.0 Å². The number of hydrogen-bond acceptors (Lipinski definition) is 4. The van der Waals surface area contributed by atoms with Crippen LogP contribution in [-0.4, -0.2) is 47.6 Å². The van der Waals surface area contributed by atoms with Crippen LogP contribution in [0.15, 0.2) is 0 Å². The fourth-order valence-electron chi connectivity index (χ4n) is 0.972. The van der Waals surface area contributed by atoms with E-state index in [4.69, 9.17) is 19.7 Å². The maximum absolute atomic E-state index is 10.9. The number of hydrogen-bond donors (Lipinski definition) is 2. The largest absolute Gasteiger partial charge is 0.479 e. The van der Waals surface area contributed by atoms with E-state index in [1.54, 1.807) is 0 Å². The number of ether oxygens (including phenoxy) is 2. The lowest BCUT2D eigenvalue weighted by atomic mass is 9.85. The zero-order valence-corrected chi connectivity index (χ0v) is 8.53. The van der Waals surface area contributed by atoms with Crippen LogP contribution in [0.4, 0.5) is 0 Å². The lowest BCUT2D eigenvalue weighted by Crippen LogP contribution is -2.62. The molecule has 0 aromatic heterocycles. The van der Waals surface area contributed by atoms with Gasteiger partial charge in [-0.15, -0.1) is 0 Å². The Morgan fingerprint density at radius 1 is 0.929 bits per heavy atom. The number of carbonyl (C=O) groups is 2. The molecule has 0 saturated carbocycles. The Labute approximate surface area is 81.4 Å². The van der Waals surface area contributed by atoms with Crippen molar-refractivity contribution in [2.24, 2.45) is 0 Å². The third kappa shape index (κ3) is 1.58. The van der Waals surface area contributed by atoms with Gasteiger partial charge in [-0.25, -0.2) is 9.59 Å². The molecule has 0 unspecified atom stereocenters. The second-order valence-electron chi connectivity index (χ2n) is 3.09. The van der Waals surface area contributed by atoms with Gasteiger partial charge >= 0.3 is 11.9 Å². The van der Waals surface area contributed by atoms with Crippen molar-refractivity contribution >= 4 is 11.9 Å². The molecule has 2 atom stereocenters. The Hall–Kier alpha value is -1.14. The third-order valence-electron chi connectivity index (χ3n) is 2.54. The first kappa shape index (κ1) is 12.9. The van der Waals surface area contributed by atoms with Gasteiger partial charge in [0.25, 0.3) is 0 Å². The maximum atomic E-state index is 10.9. The van der Waals surface area contributed by atoms with E-state index in [2.05, 4.69) is 0 Å². The van der Waals surface area contributed by atoms with Crippen LogP contribution in [-0.2, 0) is 19.1 Å². The highest BCUT2D eigenvalue weighted by molar-refractivity contribution is 5.90. The Kier molecular flexibility index (Phi) is 3.61. The molecule has 6 heteroatoms. The maximum Gasteiger partial charge on any atom is 0.339 e. The van der Waals surface area contributed by atoms with Crippen molar-refractivity contribution in [3.05, 3.63) is 0 Å².